The summed E-state index contributed by atoms with van der Waals surface area (Å²) < 4.78 is 0. The summed E-state index contributed by atoms with van der Waals surface area (Å²) in [5, 5.41) is 10.3. The van der Waals surface area contributed by atoms with Crippen molar-refractivity contribution in [1.29, 1.82) is 0 Å². The van der Waals surface area contributed by atoms with E-state index in [4.69, 9.17) is 0 Å². The van der Waals surface area contributed by atoms with Gasteiger partial charge in [0.25, 0.3) is 0 Å². The van der Waals surface area contributed by atoms with Gasteiger partial charge in [-0.15, -0.1) is 0 Å². The van der Waals surface area contributed by atoms with Gasteiger partial charge in [-0.2, -0.15) is 0 Å². The van der Waals surface area contributed by atoms with Crippen LogP contribution in [0, 0.1) is 0 Å². The lowest BCUT2D eigenvalue weighted by atomic mass is 9.95. The van der Waals surface area contributed by atoms with Gasteiger partial charge in [-0.05, 0) is 17.0 Å². The molecule has 0 unspecified atom stereocenters. The molecule has 1 atom stereocenters. The zero-order valence-electron chi connectivity index (χ0n) is 8.00. The minimum absolute atomic E-state index is 0.390. The molecule has 0 heterocycles. The molecule has 0 amide bonds. The van der Waals surface area contributed by atoms with Gasteiger partial charge in [-0.25, -0.2) is 0 Å². The molecule has 0 aliphatic heterocycles. The van der Waals surface area contributed by atoms with E-state index in [2.05, 4.69) is 35.8 Å². The van der Waals surface area contributed by atoms with E-state index in [1.165, 1.54) is 5.56 Å². The Kier molecular flexibility index (Phi) is 3.94. The van der Waals surface area contributed by atoms with Gasteiger partial charge < -0.3 is 5.11 Å². The molecule has 13 heavy (non-hydrogen) atoms. The van der Waals surface area contributed by atoms with Gasteiger partial charge in [0.15, 0.2) is 0 Å². The summed E-state index contributed by atoms with van der Waals surface area (Å²) in [6.45, 7) is 4.28. The number of aliphatic hydroxyl groups is 1. The third-order valence-electron chi connectivity index (χ3n) is 2.12. The topological polar surface area (TPSA) is 20.2 Å². The number of hydrogen-bond acceptors (Lipinski definition) is 1. The molecule has 1 aromatic rings. The van der Waals surface area contributed by atoms with E-state index >= 15 is 0 Å². The maximum atomic E-state index is 9.71. The Balaban J connectivity index is 3.04. The van der Waals surface area contributed by atoms with E-state index in [0.717, 1.165) is 5.56 Å². The Morgan fingerprint density at radius 2 is 1.77 bits per heavy atom. The maximum absolute atomic E-state index is 9.71. The summed E-state index contributed by atoms with van der Waals surface area (Å²) in [6, 6.07) is 8.04. The molecule has 1 aromatic carbocycles. The lowest BCUT2D eigenvalue weighted by molar-refractivity contribution is 0.204. The molecule has 2 heteroatoms. The number of benzene rings is 1. The molecule has 0 aliphatic rings. The molecule has 72 valence electrons. The predicted molar refractivity (Wildman–Crippen MR) is 59.3 cm³/mol. The predicted octanol–water partition coefficient (Wildman–Crippen LogP) is 3.24. The number of rotatable bonds is 3. The van der Waals surface area contributed by atoms with Crippen LogP contribution in [-0.4, -0.2) is 10.4 Å². The third-order valence-corrected chi connectivity index (χ3v) is 2.74. The Morgan fingerprint density at radius 1 is 1.23 bits per heavy atom. The van der Waals surface area contributed by atoms with E-state index in [0.29, 0.717) is 11.2 Å². The van der Waals surface area contributed by atoms with Crippen molar-refractivity contribution in [1.82, 2.24) is 0 Å². The number of aliphatic hydroxyl groups excluding tert-OH is 1. The van der Waals surface area contributed by atoms with Crippen molar-refractivity contribution < 1.29 is 5.11 Å². The van der Waals surface area contributed by atoms with E-state index < -0.39 is 6.10 Å². The Labute approximate surface area is 87.9 Å². The van der Waals surface area contributed by atoms with Crippen molar-refractivity contribution in [3.05, 3.63) is 35.4 Å². The van der Waals surface area contributed by atoms with Crippen molar-refractivity contribution in [2.45, 2.75) is 25.9 Å². The van der Waals surface area contributed by atoms with Crippen molar-refractivity contribution in [3.8, 4) is 0 Å². The van der Waals surface area contributed by atoms with Crippen LogP contribution in [0.2, 0.25) is 0 Å². The van der Waals surface area contributed by atoms with Crippen LogP contribution in [-0.2, 0) is 0 Å². The van der Waals surface area contributed by atoms with Gasteiger partial charge >= 0.3 is 0 Å². The first-order valence-electron chi connectivity index (χ1n) is 4.49. The quantitative estimate of drug-likeness (QED) is 0.808. The second-order valence-electron chi connectivity index (χ2n) is 3.45. The van der Waals surface area contributed by atoms with Crippen molar-refractivity contribution in [2.75, 3.05) is 5.33 Å². The fourth-order valence-corrected chi connectivity index (χ4v) is 1.77. The van der Waals surface area contributed by atoms with Crippen LogP contribution < -0.4 is 0 Å². The van der Waals surface area contributed by atoms with Crippen LogP contribution in [0.3, 0.4) is 0 Å². The lowest BCUT2D eigenvalue weighted by Gasteiger charge is -2.15. The molecule has 0 spiro atoms. The van der Waals surface area contributed by atoms with Gasteiger partial charge in [0, 0.05) is 5.33 Å². The molecule has 1 rings (SSSR count). The van der Waals surface area contributed by atoms with Crippen LogP contribution in [0.4, 0.5) is 0 Å². The van der Waals surface area contributed by atoms with Crippen LogP contribution in [0.15, 0.2) is 24.3 Å². The SMILES string of the molecule is CC(C)c1ccccc1[C@H](O)CBr. The monoisotopic (exact) mass is 242 g/mol. The molecule has 0 bridgehead atoms. The molecule has 0 aliphatic carbocycles. The molecule has 0 radical (unpaired) electrons. The first kappa shape index (κ1) is 10.7. The highest BCUT2D eigenvalue weighted by Crippen LogP contribution is 2.25. The maximum Gasteiger partial charge on any atom is 0.0889 e. The molecule has 0 saturated carbocycles. The molecule has 0 saturated heterocycles. The average Bonchev–Trinajstić information content (AvgIpc) is 2.16. The molecule has 1 nitrogen and oxygen atoms in total. The molecular formula is C11H15BrO. The van der Waals surface area contributed by atoms with Gasteiger partial charge in [0.2, 0.25) is 0 Å². The lowest BCUT2D eigenvalue weighted by Crippen LogP contribution is -2.03. The number of alkyl halides is 1. The molecule has 0 aromatic heterocycles. The first-order valence-corrected chi connectivity index (χ1v) is 5.61. The van der Waals surface area contributed by atoms with E-state index in [1.807, 2.05) is 18.2 Å². The summed E-state index contributed by atoms with van der Waals surface area (Å²) in [4.78, 5) is 0. The molecular weight excluding hydrogens is 228 g/mol. The van der Waals surface area contributed by atoms with Crippen LogP contribution >= 0.6 is 15.9 Å². The second-order valence-corrected chi connectivity index (χ2v) is 4.10. The zero-order chi connectivity index (χ0) is 9.84. The van der Waals surface area contributed by atoms with Gasteiger partial charge in [-0.1, -0.05) is 54.0 Å². The van der Waals surface area contributed by atoms with Crippen molar-refractivity contribution in [2.24, 2.45) is 0 Å². The average molecular weight is 243 g/mol. The number of halogens is 1. The van der Waals surface area contributed by atoms with Gasteiger partial charge in [-0.3, -0.25) is 0 Å². The van der Waals surface area contributed by atoms with E-state index in [1.54, 1.807) is 0 Å². The van der Waals surface area contributed by atoms with Crippen LogP contribution in [0.5, 0.6) is 0 Å². The first-order chi connectivity index (χ1) is 6.16. The Bertz CT molecular complexity index is 271. The number of hydrogen-bond donors (Lipinski definition) is 1. The third kappa shape index (κ3) is 2.55. The van der Waals surface area contributed by atoms with E-state index in [9.17, 15) is 5.11 Å². The standard InChI is InChI=1S/C11H15BrO/c1-8(2)9-5-3-4-6-10(9)11(13)7-12/h3-6,8,11,13H,7H2,1-2H3/t11-/m1/s1. The van der Waals surface area contributed by atoms with Crippen LogP contribution in [0.1, 0.15) is 37.0 Å². The van der Waals surface area contributed by atoms with Gasteiger partial charge in [0.05, 0.1) is 6.10 Å². The smallest absolute Gasteiger partial charge is 0.0889 e. The largest absolute Gasteiger partial charge is 0.388 e. The van der Waals surface area contributed by atoms with Crippen molar-refractivity contribution >= 4 is 15.9 Å². The summed E-state index contributed by atoms with van der Waals surface area (Å²) in [5.41, 5.74) is 2.27. The van der Waals surface area contributed by atoms with E-state index in [-0.39, 0.29) is 0 Å². The van der Waals surface area contributed by atoms with Crippen LogP contribution in [0.25, 0.3) is 0 Å². The van der Waals surface area contributed by atoms with Crippen molar-refractivity contribution in [3.63, 3.8) is 0 Å². The molecule has 1 N–H and O–H groups in total. The highest BCUT2D eigenvalue weighted by Gasteiger charge is 2.11. The highest BCUT2D eigenvalue weighted by molar-refractivity contribution is 9.09. The van der Waals surface area contributed by atoms with Gasteiger partial charge in [0.1, 0.15) is 0 Å². The summed E-state index contributed by atoms with van der Waals surface area (Å²) in [5.74, 6) is 0.463. The molecule has 0 fully saturated rings. The Morgan fingerprint density at radius 3 is 2.23 bits per heavy atom. The second kappa shape index (κ2) is 4.77. The minimum Gasteiger partial charge on any atom is -0.388 e. The fourth-order valence-electron chi connectivity index (χ4n) is 1.42. The fraction of sp³-hybridized carbons (Fsp3) is 0.455. The Hall–Kier alpha value is -0.340. The normalized spacial score (nSPS) is 13.3. The summed E-state index contributed by atoms with van der Waals surface area (Å²) in [7, 11) is 0. The summed E-state index contributed by atoms with van der Waals surface area (Å²) in [6.07, 6.45) is -0.390. The highest BCUT2D eigenvalue weighted by atomic mass is 79.9. The zero-order valence-corrected chi connectivity index (χ0v) is 9.58. The minimum atomic E-state index is -0.390. The summed E-state index contributed by atoms with van der Waals surface area (Å²) >= 11 is 3.28.